The van der Waals surface area contributed by atoms with Crippen molar-refractivity contribution >= 4 is 46.9 Å². The maximum absolute atomic E-state index is 12.9. The van der Waals surface area contributed by atoms with Crippen LogP contribution < -0.4 is 15.8 Å². The molecule has 4 amide bonds. The fourth-order valence-corrected chi connectivity index (χ4v) is 4.59. The van der Waals surface area contributed by atoms with Gasteiger partial charge in [0.05, 0.1) is 23.1 Å². The van der Waals surface area contributed by atoms with Gasteiger partial charge >= 0.3 is 5.97 Å². The minimum absolute atomic E-state index is 0.0874. The number of nitrogens with one attached hydrogen (secondary N) is 2. The zero-order chi connectivity index (χ0) is 25.1. The highest BCUT2D eigenvalue weighted by molar-refractivity contribution is 6.30. The highest BCUT2D eigenvalue weighted by Gasteiger charge is 2.50. The number of ether oxygens (including phenoxy) is 1. The number of fused-ring (bicyclic) bond motifs is 1. The molecule has 1 heterocycles. The van der Waals surface area contributed by atoms with Gasteiger partial charge in [0.25, 0.3) is 11.8 Å². The summed E-state index contributed by atoms with van der Waals surface area (Å²) in [6, 6.07) is 12.0. The summed E-state index contributed by atoms with van der Waals surface area (Å²) in [5.74, 6) is -2.87. The molecule has 0 unspecified atom stereocenters. The molecule has 182 valence electrons. The van der Waals surface area contributed by atoms with E-state index >= 15 is 0 Å². The Labute approximate surface area is 206 Å². The van der Waals surface area contributed by atoms with Crippen molar-refractivity contribution in [2.45, 2.75) is 26.2 Å². The van der Waals surface area contributed by atoms with Gasteiger partial charge in [-0.05, 0) is 67.6 Å². The molecule has 35 heavy (non-hydrogen) atoms. The topological polar surface area (TPSA) is 122 Å². The second kappa shape index (κ2) is 10.3. The number of rotatable bonds is 5. The first-order valence-electron chi connectivity index (χ1n) is 11.2. The van der Waals surface area contributed by atoms with Gasteiger partial charge in [-0.1, -0.05) is 24.6 Å². The molecule has 0 bridgehead atoms. The molecule has 0 radical (unpaired) electrons. The molecule has 1 aliphatic carbocycles. The van der Waals surface area contributed by atoms with E-state index in [1.807, 2.05) is 0 Å². The van der Waals surface area contributed by atoms with Gasteiger partial charge in [0, 0.05) is 10.6 Å². The minimum Gasteiger partial charge on any atom is -0.452 e. The Bertz CT molecular complexity index is 1180. The first kappa shape index (κ1) is 24.4. The molecule has 4 rings (SSSR count). The van der Waals surface area contributed by atoms with Crippen molar-refractivity contribution in [2.24, 2.45) is 17.8 Å². The summed E-state index contributed by atoms with van der Waals surface area (Å²) in [7, 11) is 0. The van der Waals surface area contributed by atoms with Gasteiger partial charge in [0.1, 0.15) is 0 Å². The van der Waals surface area contributed by atoms with Gasteiger partial charge in [0.15, 0.2) is 6.61 Å². The van der Waals surface area contributed by atoms with Crippen LogP contribution in [-0.4, -0.2) is 36.2 Å². The summed E-state index contributed by atoms with van der Waals surface area (Å²) in [6.07, 6.45) is 2.26. The van der Waals surface area contributed by atoms with Crippen molar-refractivity contribution in [3.8, 4) is 0 Å². The Hall–Kier alpha value is -3.72. The molecule has 2 fully saturated rings. The van der Waals surface area contributed by atoms with Crippen LogP contribution in [-0.2, 0) is 19.1 Å². The maximum Gasteiger partial charge on any atom is 0.338 e. The lowest BCUT2D eigenvalue weighted by molar-refractivity contribution is -0.125. The summed E-state index contributed by atoms with van der Waals surface area (Å²) in [6.45, 7) is 1.43. The summed E-state index contributed by atoms with van der Waals surface area (Å²) >= 11 is 5.77. The van der Waals surface area contributed by atoms with E-state index in [0.29, 0.717) is 29.5 Å². The molecule has 2 N–H and O–H groups in total. The molecule has 1 saturated heterocycles. The molecule has 2 aromatic carbocycles. The van der Waals surface area contributed by atoms with Crippen molar-refractivity contribution < 1.29 is 28.7 Å². The summed E-state index contributed by atoms with van der Waals surface area (Å²) in [4.78, 5) is 63.4. The Morgan fingerprint density at radius 2 is 1.69 bits per heavy atom. The minimum atomic E-state index is -0.809. The van der Waals surface area contributed by atoms with Gasteiger partial charge in [-0.3, -0.25) is 34.9 Å². The molecule has 10 heteroatoms. The lowest BCUT2D eigenvalue weighted by Crippen LogP contribution is -2.43. The van der Waals surface area contributed by atoms with Crippen LogP contribution in [0.5, 0.6) is 0 Å². The van der Waals surface area contributed by atoms with Crippen molar-refractivity contribution in [3.63, 3.8) is 0 Å². The lowest BCUT2D eigenvalue weighted by atomic mass is 9.76. The number of carbonyl (C=O) groups excluding carboxylic acids is 5. The van der Waals surface area contributed by atoms with Gasteiger partial charge < -0.3 is 4.74 Å². The first-order valence-corrected chi connectivity index (χ1v) is 11.6. The lowest BCUT2D eigenvalue weighted by Gasteiger charge is -2.25. The average Bonchev–Trinajstić information content (AvgIpc) is 3.10. The predicted octanol–water partition coefficient (Wildman–Crippen LogP) is 2.88. The van der Waals surface area contributed by atoms with Crippen molar-refractivity contribution in [1.29, 1.82) is 0 Å². The molecule has 1 saturated carbocycles. The van der Waals surface area contributed by atoms with Gasteiger partial charge in [0.2, 0.25) is 11.8 Å². The van der Waals surface area contributed by atoms with Gasteiger partial charge in [-0.2, -0.15) is 0 Å². The van der Waals surface area contributed by atoms with Crippen LogP contribution in [0.1, 0.15) is 46.9 Å². The third-order valence-electron chi connectivity index (χ3n) is 6.28. The third-order valence-corrected chi connectivity index (χ3v) is 6.54. The zero-order valence-electron chi connectivity index (χ0n) is 19.0. The molecule has 0 aromatic heterocycles. The van der Waals surface area contributed by atoms with Crippen molar-refractivity contribution in [2.75, 3.05) is 11.5 Å². The van der Waals surface area contributed by atoms with Crippen LogP contribution in [0.3, 0.4) is 0 Å². The number of carbonyl (C=O) groups is 5. The molecule has 3 atom stereocenters. The number of hydrogen-bond donors (Lipinski definition) is 2. The normalized spacial score (nSPS) is 21.3. The van der Waals surface area contributed by atoms with E-state index in [-0.39, 0.29) is 34.8 Å². The second-order valence-electron chi connectivity index (χ2n) is 8.78. The number of hydrazine groups is 1. The Kier molecular flexibility index (Phi) is 7.16. The van der Waals surface area contributed by atoms with Gasteiger partial charge in [-0.25, -0.2) is 4.79 Å². The third kappa shape index (κ3) is 5.35. The Morgan fingerprint density at radius 1 is 0.971 bits per heavy atom. The van der Waals surface area contributed by atoms with E-state index in [4.69, 9.17) is 16.3 Å². The maximum atomic E-state index is 12.9. The number of hydrogen-bond acceptors (Lipinski definition) is 6. The van der Waals surface area contributed by atoms with Crippen LogP contribution in [0, 0.1) is 17.8 Å². The number of benzene rings is 2. The molecule has 2 aromatic rings. The summed E-state index contributed by atoms with van der Waals surface area (Å²) in [5.41, 5.74) is 5.04. The number of esters is 1. The number of amides is 4. The van der Waals surface area contributed by atoms with Crippen molar-refractivity contribution in [3.05, 3.63) is 64.7 Å². The number of nitrogens with zero attached hydrogens (tertiary/aromatic N) is 1. The van der Waals surface area contributed by atoms with Crippen LogP contribution >= 0.6 is 11.6 Å². The van der Waals surface area contributed by atoms with E-state index < -0.39 is 24.4 Å². The van der Waals surface area contributed by atoms with E-state index in [1.54, 1.807) is 12.1 Å². The highest BCUT2D eigenvalue weighted by atomic mass is 35.5. The average molecular weight is 498 g/mol. The standard InChI is InChI=1S/C25H24ClN3O6/c1-14-5-10-19-20(11-14)24(33)29(23(19)32)18-4-2-3-16(12-18)25(34)35-13-21(30)27-28-22(31)15-6-8-17(26)9-7-15/h2-4,6-9,12,14,19-20H,5,10-11,13H2,1H3,(H,27,30)(H,28,31)/t14-,19+,20-/m1/s1. The summed E-state index contributed by atoms with van der Waals surface area (Å²) in [5, 5.41) is 0.466. The molecule has 1 aliphatic heterocycles. The van der Waals surface area contributed by atoms with Crippen LogP contribution in [0.2, 0.25) is 5.02 Å². The van der Waals surface area contributed by atoms with E-state index in [0.717, 1.165) is 11.3 Å². The molecule has 2 aliphatic rings. The van der Waals surface area contributed by atoms with E-state index in [9.17, 15) is 24.0 Å². The van der Waals surface area contributed by atoms with E-state index in [2.05, 4.69) is 17.8 Å². The molecular formula is C25H24ClN3O6. The largest absolute Gasteiger partial charge is 0.452 e. The SMILES string of the molecule is C[C@@H]1CC[C@@H]2C(=O)N(c3cccc(C(=O)OCC(=O)NNC(=O)c4ccc(Cl)cc4)c3)C(=O)[C@@H]2C1. The predicted molar refractivity (Wildman–Crippen MR) is 126 cm³/mol. The Balaban J connectivity index is 1.33. The van der Waals surface area contributed by atoms with Crippen LogP contribution in [0.25, 0.3) is 0 Å². The molecule has 9 nitrogen and oxygen atoms in total. The first-order chi connectivity index (χ1) is 16.7. The Morgan fingerprint density at radius 3 is 2.43 bits per heavy atom. The monoisotopic (exact) mass is 497 g/mol. The van der Waals surface area contributed by atoms with Gasteiger partial charge in [-0.15, -0.1) is 0 Å². The molecular weight excluding hydrogens is 474 g/mol. The highest BCUT2D eigenvalue weighted by Crippen LogP contribution is 2.42. The number of anilines is 1. The fraction of sp³-hybridized carbons (Fsp3) is 0.320. The number of halogens is 1. The molecule has 0 spiro atoms. The van der Waals surface area contributed by atoms with Crippen LogP contribution in [0.15, 0.2) is 48.5 Å². The summed E-state index contributed by atoms with van der Waals surface area (Å²) < 4.78 is 5.02. The van der Waals surface area contributed by atoms with Crippen molar-refractivity contribution in [1.82, 2.24) is 10.9 Å². The second-order valence-corrected chi connectivity index (χ2v) is 9.22. The zero-order valence-corrected chi connectivity index (χ0v) is 19.7. The fourth-order valence-electron chi connectivity index (χ4n) is 4.47. The van der Waals surface area contributed by atoms with E-state index in [1.165, 1.54) is 36.4 Å². The van der Waals surface area contributed by atoms with Crippen LogP contribution in [0.4, 0.5) is 5.69 Å². The number of imide groups is 1. The smallest absolute Gasteiger partial charge is 0.338 e. The quantitative estimate of drug-likeness (QED) is 0.372.